The van der Waals surface area contributed by atoms with Crippen molar-refractivity contribution >= 4 is 23.3 Å². The number of methoxy groups -OCH3 is 1. The van der Waals surface area contributed by atoms with Crippen LogP contribution in [0.15, 0.2) is 42.5 Å². The second kappa shape index (κ2) is 7.24. The van der Waals surface area contributed by atoms with Crippen molar-refractivity contribution in [1.82, 2.24) is 20.0 Å². The third kappa shape index (κ3) is 3.43. The molecule has 1 aliphatic rings. The maximum absolute atomic E-state index is 12.9. The molecule has 0 N–H and O–H groups in total. The largest absolute Gasteiger partial charge is 0.493 e. The molecule has 0 saturated heterocycles. The Morgan fingerprint density at radius 1 is 1.15 bits per heavy atom. The molecule has 0 radical (unpaired) electrons. The van der Waals surface area contributed by atoms with Crippen LogP contribution >= 0.6 is 11.6 Å². The van der Waals surface area contributed by atoms with Gasteiger partial charge < -0.3 is 9.47 Å². The SMILES string of the molecule is COc1cc(Cl)nnc1N1CCn2nc(COc3ccccc3)cc2C1=O. The van der Waals surface area contributed by atoms with Gasteiger partial charge in [-0.3, -0.25) is 14.4 Å². The minimum Gasteiger partial charge on any atom is -0.493 e. The van der Waals surface area contributed by atoms with E-state index >= 15 is 0 Å². The van der Waals surface area contributed by atoms with Crippen LogP contribution in [-0.4, -0.2) is 39.5 Å². The number of nitrogens with zero attached hydrogens (tertiary/aromatic N) is 5. The van der Waals surface area contributed by atoms with Crippen molar-refractivity contribution < 1.29 is 14.3 Å². The first-order chi connectivity index (χ1) is 13.2. The first-order valence-corrected chi connectivity index (χ1v) is 8.67. The van der Waals surface area contributed by atoms with Gasteiger partial charge in [0.2, 0.25) is 5.82 Å². The number of ether oxygens (including phenoxy) is 2. The quantitative estimate of drug-likeness (QED) is 0.671. The highest BCUT2D eigenvalue weighted by Crippen LogP contribution is 2.29. The van der Waals surface area contributed by atoms with E-state index in [1.807, 2.05) is 30.3 Å². The molecule has 27 heavy (non-hydrogen) atoms. The number of rotatable bonds is 5. The molecule has 8 nitrogen and oxygen atoms in total. The maximum Gasteiger partial charge on any atom is 0.277 e. The molecule has 0 aliphatic carbocycles. The third-order valence-corrected chi connectivity index (χ3v) is 4.33. The summed E-state index contributed by atoms with van der Waals surface area (Å²) in [5.41, 5.74) is 1.14. The molecule has 1 amide bonds. The zero-order valence-corrected chi connectivity index (χ0v) is 15.3. The Hall–Kier alpha value is -3.13. The van der Waals surface area contributed by atoms with Crippen molar-refractivity contribution in [2.45, 2.75) is 13.2 Å². The molecule has 9 heteroatoms. The summed E-state index contributed by atoms with van der Waals surface area (Å²) >= 11 is 5.86. The predicted octanol–water partition coefficient (Wildman–Crippen LogP) is 2.57. The van der Waals surface area contributed by atoms with E-state index in [0.29, 0.717) is 36.0 Å². The summed E-state index contributed by atoms with van der Waals surface area (Å²) in [7, 11) is 1.49. The third-order valence-electron chi connectivity index (χ3n) is 4.15. The lowest BCUT2D eigenvalue weighted by Gasteiger charge is -2.27. The van der Waals surface area contributed by atoms with Crippen LogP contribution in [-0.2, 0) is 13.2 Å². The summed E-state index contributed by atoms with van der Waals surface area (Å²) in [6, 6.07) is 12.7. The average molecular weight is 386 g/mol. The Labute approximate surface area is 160 Å². The van der Waals surface area contributed by atoms with E-state index in [9.17, 15) is 4.79 Å². The van der Waals surface area contributed by atoms with Gasteiger partial charge in [-0.05, 0) is 18.2 Å². The Morgan fingerprint density at radius 3 is 2.74 bits per heavy atom. The van der Waals surface area contributed by atoms with Crippen molar-refractivity contribution in [3.63, 3.8) is 0 Å². The summed E-state index contributed by atoms with van der Waals surface area (Å²) < 4.78 is 12.7. The number of halogens is 1. The number of anilines is 1. The van der Waals surface area contributed by atoms with E-state index in [2.05, 4.69) is 15.3 Å². The van der Waals surface area contributed by atoms with E-state index in [0.717, 1.165) is 5.75 Å². The highest BCUT2D eigenvalue weighted by atomic mass is 35.5. The molecule has 3 heterocycles. The monoisotopic (exact) mass is 385 g/mol. The molecule has 0 saturated carbocycles. The summed E-state index contributed by atoms with van der Waals surface area (Å²) in [6.07, 6.45) is 0. The Kier molecular flexibility index (Phi) is 4.64. The lowest BCUT2D eigenvalue weighted by atomic mass is 10.2. The van der Waals surface area contributed by atoms with Gasteiger partial charge in [-0.1, -0.05) is 29.8 Å². The zero-order chi connectivity index (χ0) is 18.8. The van der Waals surface area contributed by atoms with Crippen molar-refractivity contribution in [2.75, 3.05) is 18.6 Å². The minimum absolute atomic E-state index is 0.199. The van der Waals surface area contributed by atoms with Gasteiger partial charge in [0.25, 0.3) is 5.91 Å². The molecule has 1 aromatic carbocycles. The number of carbonyl (C=O) groups is 1. The van der Waals surface area contributed by atoms with E-state index in [4.69, 9.17) is 21.1 Å². The molecule has 2 aromatic heterocycles. The highest BCUT2D eigenvalue weighted by Gasteiger charge is 2.30. The van der Waals surface area contributed by atoms with E-state index in [-0.39, 0.29) is 17.7 Å². The van der Waals surface area contributed by atoms with Gasteiger partial charge in [0.1, 0.15) is 23.7 Å². The molecular formula is C18H16ClN5O3. The van der Waals surface area contributed by atoms with Gasteiger partial charge in [0.15, 0.2) is 10.9 Å². The number of benzene rings is 1. The topological polar surface area (TPSA) is 82.4 Å². The highest BCUT2D eigenvalue weighted by molar-refractivity contribution is 6.29. The second-order valence-electron chi connectivity index (χ2n) is 5.86. The van der Waals surface area contributed by atoms with Crippen LogP contribution in [0.25, 0.3) is 0 Å². The Morgan fingerprint density at radius 2 is 1.96 bits per heavy atom. The molecule has 0 unspecified atom stereocenters. The number of amides is 1. The summed E-state index contributed by atoms with van der Waals surface area (Å²) in [6.45, 7) is 1.21. The first kappa shape index (κ1) is 17.3. The summed E-state index contributed by atoms with van der Waals surface area (Å²) in [4.78, 5) is 14.4. The zero-order valence-electron chi connectivity index (χ0n) is 14.5. The summed E-state index contributed by atoms with van der Waals surface area (Å²) in [5, 5.41) is 12.5. The van der Waals surface area contributed by atoms with Crippen molar-refractivity contribution in [3.8, 4) is 11.5 Å². The van der Waals surface area contributed by atoms with Crippen LogP contribution in [0.2, 0.25) is 5.15 Å². The van der Waals surface area contributed by atoms with Gasteiger partial charge in [-0.2, -0.15) is 5.10 Å². The average Bonchev–Trinajstić information content (AvgIpc) is 3.12. The maximum atomic E-state index is 12.9. The fourth-order valence-electron chi connectivity index (χ4n) is 2.88. The van der Waals surface area contributed by atoms with E-state index in [1.54, 1.807) is 10.7 Å². The second-order valence-corrected chi connectivity index (χ2v) is 6.25. The smallest absolute Gasteiger partial charge is 0.277 e. The van der Waals surface area contributed by atoms with E-state index in [1.165, 1.54) is 18.1 Å². The van der Waals surface area contributed by atoms with E-state index < -0.39 is 0 Å². The number of aromatic nitrogens is 4. The Bertz CT molecular complexity index is 976. The molecule has 1 aliphatic heterocycles. The van der Waals surface area contributed by atoms with Crippen LogP contribution in [0.3, 0.4) is 0 Å². The standard InChI is InChI=1S/C18H16ClN5O3/c1-26-15-10-16(19)20-21-17(15)23-7-8-24-14(18(23)25)9-12(22-24)11-27-13-5-3-2-4-6-13/h2-6,9-10H,7-8,11H2,1H3. The number of hydrogen-bond acceptors (Lipinski definition) is 6. The number of fused-ring (bicyclic) bond motifs is 1. The summed E-state index contributed by atoms with van der Waals surface area (Å²) in [5.74, 6) is 1.25. The fourth-order valence-corrected chi connectivity index (χ4v) is 3.01. The molecule has 138 valence electrons. The van der Waals surface area contributed by atoms with Crippen molar-refractivity contribution in [1.29, 1.82) is 0 Å². The lowest BCUT2D eigenvalue weighted by Crippen LogP contribution is -2.41. The molecule has 4 rings (SSSR count). The number of para-hydroxylation sites is 1. The molecule has 0 fully saturated rings. The minimum atomic E-state index is -0.227. The van der Waals surface area contributed by atoms with Gasteiger partial charge >= 0.3 is 0 Å². The number of hydrogen-bond donors (Lipinski definition) is 0. The van der Waals surface area contributed by atoms with Crippen LogP contribution in [0.4, 0.5) is 5.82 Å². The van der Waals surface area contributed by atoms with Crippen LogP contribution in [0, 0.1) is 0 Å². The van der Waals surface area contributed by atoms with Gasteiger partial charge in [0, 0.05) is 12.6 Å². The Balaban J connectivity index is 1.55. The molecule has 0 spiro atoms. The van der Waals surface area contributed by atoms with Gasteiger partial charge in [0.05, 0.1) is 13.7 Å². The molecule has 3 aromatic rings. The van der Waals surface area contributed by atoms with Crippen molar-refractivity contribution in [3.05, 3.63) is 59.0 Å². The fraction of sp³-hybridized carbons (Fsp3) is 0.222. The van der Waals surface area contributed by atoms with Gasteiger partial charge in [-0.25, -0.2) is 0 Å². The molecule has 0 atom stereocenters. The normalized spacial score (nSPS) is 13.4. The first-order valence-electron chi connectivity index (χ1n) is 8.29. The predicted molar refractivity (Wildman–Crippen MR) is 98.3 cm³/mol. The van der Waals surface area contributed by atoms with Gasteiger partial charge in [-0.15, -0.1) is 10.2 Å². The molecule has 0 bridgehead atoms. The van der Waals surface area contributed by atoms with Crippen molar-refractivity contribution in [2.24, 2.45) is 0 Å². The van der Waals surface area contributed by atoms with Crippen LogP contribution < -0.4 is 14.4 Å². The number of carbonyl (C=O) groups excluding carboxylic acids is 1. The van der Waals surface area contributed by atoms with Crippen LogP contribution in [0.5, 0.6) is 11.5 Å². The van der Waals surface area contributed by atoms with Crippen LogP contribution in [0.1, 0.15) is 16.2 Å². The molecular weight excluding hydrogens is 370 g/mol. The lowest BCUT2D eigenvalue weighted by molar-refractivity contribution is 0.0960.